The summed E-state index contributed by atoms with van der Waals surface area (Å²) in [5.74, 6) is 3.88. The van der Waals surface area contributed by atoms with Crippen molar-refractivity contribution in [2.75, 3.05) is 6.61 Å². The van der Waals surface area contributed by atoms with Gasteiger partial charge in [0, 0.05) is 24.0 Å². The van der Waals surface area contributed by atoms with Gasteiger partial charge in [0.15, 0.2) is 5.78 Å². The molecule has 1 aromatic carbocycles. The number of carbonyl (C=O) groups excluding carboxylic acids is 1. The van der Waals surface area contributed by atoms with E-state index in [1.807, 2.05) is 12.1 Å². The first-order valence-electron chi connectivity index (χ1n) is 13.2. The second-order valence-corrected chi connectivity index (χ2v) is 12.6. The van der Waals surface area contributed by atoms with Crippen molar-refractivity contribution in [3.63, 3.8) is 0 Å². The minimum Gasteiger partial charge on any atom is -0.376 e. The summed E-state index contributed by atoms with van der Waals surface area (Å²) in [4.78, 5) is 12.3. The Balaban J connectivity index is 1.25. The van der Waals surface area contributed by atoms with Gasteiger partial charge in [-0.15, -0.1) is 0 Å². The molecular formula is C29H40ClNO2. The van der Waals surface area contributed by atoms with E-state index in [9.17, 15) is 4.79 Å². The van der Waals surface area contributed by atoms with Crippen molar-refractivity contribution in [3.05, 3.63) is 34.9 Å². The van der Waals surface area contributed by atoms with Crippen LogP contribution in [-0.4, -0.2) is 18.1 Å². The van der Waals surface area contributed by atoms with Crippen LogP contribution in [0.2, 0.25) is 5.02 Å². The molecule has 4 saturated carbocycles. The third-order valence-electron chi connectivity index (χ3n) is 10.7. The van der Waals surface area contributed by atoms with Crippen LogP contribution < -0.4 is 0 Å². The van der Waals surface area contributed by atoms with Crippen LogP contribution in [0.5, 0.6) is 0 Å². The van der Waals surface area contributed by atoms with Gasteiger partial charge in [-0.1, -0.05) is 44.5 Å². The van der Waals surface area contributed by atoms with Crippen LogP contribution in [0.1, 0.15) is 77.7 Å². The fourth-order valence-corrected chi connectivity index (χ4v) is 9.16. The lowest BCUT2D eigenvalue weighted by molar-refractivity contribution is -0.123. The van der Waals surface area contributed by atoms with E-state index in [2.05, 4.69) is 32.9 Å². The first kappa shape index (κ1) is 23.5. The second-order valence-electron chi connectivity index (χ2n) is 12.2. The molecule has 33 heavy (non-hydrogen) atoms. The van der Waals surface area contributed by atoms with Crippen LogP contribution in [0.25, 0.3) is 0 Å². The number of ketones is 1. The van der Waals surface area contributed by atoms with E-state index in [-0.39, 0.29) is 17.1 Å². The van der Waals surface area contributed by atoms with Gasteiger partial charge in [0.2, 0.25) is 0 Å². The van der Waals surface area contributed by atoms with E-state index < -0.39 is 0 Å². The van der Waals surface area contributed by atoms with Gasteiger partial charge in [-0.05, 0) is 103 Å². The van der Waals surface area contributed by atoms with E-state index in [1.165, 1.54) is 37.7 Å². The fourth-order valence-electron chi connectivity index (χ4n) is 9.04. The number of ether oxygens (including phenoxy) is 1. The van der Waals surface area contributed by atoms with Crippen molar-refractivity contribution in [1.29, 1.82) is 5.41 Å². The summed E-state index contributed by atoms with van der Waals surface area (Å²) in [5.41, 5.74) is 2.21. The van der Waals surface area contributed by atoms with Crippen molar-refractivity contribution in [2.24, 2.45) is 46.3 Å². The summed E-state index contributed by atoms with van der Waals surface area (Å²) in [6.45, 7) is 8.89. The molecule has 0 aromatic heterocycles. The minimum absolute atomic E-state index is 0.116. The molecule has 5 rings (SSSR count). The molecule has 0 heterocycles. The highest BCUT2D eigenvalue weighted by atomic mass is 35.5. The average molecular weight is 470 g/mol. The van der Waals surface area contributed by atoms with Gasteiger partial charge >= 0.3 is 0 Å². The smallest absolute Gasteiger partial charge is 0.176 e. The molecular weight excluding hydrogens is 430 g/mol. The third kappa shape index (κ3) is 3.92. The molecule has 3 nitrogen and oxygen atoms in total. The van der Waals surface area contributed by atoms with Crippen LogP contribution in [0, 0.1) is 51.7 Å². The lowest BCUT2D eigenvalue weighted by Crippen LogP contribution is -2.56. The quantitative estimate of drug-likeness (QED) is 0.490. The van der Waals surface area contributed by atoms with Crippen molar-refractivity contribution in [3.8, 4) is 0 Å². The Bertz CT molecular complexity index is 913. The number of halogens is 1. The Morgan fingerprint density at radius 2 is 1.76 bits per heavy atom. The Labute approximate surface area is 204 Å². The minimum atomic E-state index is 0.116. The molecule has 0 spiro atoms. The number of hydrogen-bond donors (Lipinski definition) is 1. The predicted molar refractivity (Wildman–Crippen MR) is 134 cm³/mol. The average Bonchev–Trinajstić information content (AvgIpc) is 3.15. The molecule has 4 heteroatoms. The molecule has 0 amide bonds. The maximum atomic E-state index is 12.3. The summed E-state index contributed by atoms with van der Waals surface area (Å²) in [6, 6.07) is 7.97. The lowest BCUT2D eigenvalue weighted by Gasteiger charge is -2.60. The van der Waals surface area contributed by atoms with Gasteiger partial charge in [-0.2, -0.15) is 0 Å². The molecule has 1 N–H and O–H groups in total. The first-order chi connectivity index (χ1) is 15.7. The highest BCUT2D eigenvalue weighted by Crippen LogP contribution is 2.67. The first-order valence-corrected chi connectivity index (χ1v) is 13.6. The largest absolute Gasteiger partial charge is 0.376 e. The van der Waals surface area contributed by atoms with Crippen LogP contribution >= 0.6 is 11.6 Å². The fraction of sp³-hybridized carbons (Fsp3) is 0.724. The van der Waals surface area contributed by atoms with Crippen molar-refractivity contribution in [1.82, 2.24) is 0 Å². The van der Waals surface area contributed by atoms with Crippen LogP contribution in [0.3, 0.4) is 0 Å². The van der Waals surface area contributed by atoms with Crippen LogP contribution in [-0.2, 0) is 16.1 Å². The molecule has 0 saturated heterocycles. The molecule has 4 aliphatic rings. The Kier molecular flexibility index (Phi) is 6.27. The number of fused-ring (bicyclic) bond motifs is 5. The SMILES string of the molecule is C[C@H](COCc1ccc(Cl)cc1)[C@H]1CC[C@H]2[C@@H]3CCC4C(=N)C(=O)CC[C@]4(C)[C@H]3CC[C@]12C. The molecule has 1 aromatic rings. The van der Waals surface area contributed by atoms with Gasteiger partial charge in [-0.25, -0.2) is 0 Å². The summed E-state index contributed by atoms with van der Waals surface area (Å²) in [5, 5.41) is 9.26. The van der Waals surface area contributed by atoms with Crippen LogP contribution in [0.15, 0.2) is 24.3 Å². The van der Waals surface area contributed by atoms with Gasteiger partial charge in [0.1, 0.15) is 0 Å². The normalized spacial score (nSPS) is 41.3. The van der Waals surface area contributed by atoms with E-state index in [0.29, 0.717) is 36.0 Å². The van der Waals surface area contributed by atoms with Gasteiger partial charge in [0.25, 0.3) is 0 Å². The number of rotatable bonds is 5. The number of nitrogens with one attached hydrogen (secondary N) is 1. The Morgan fingerprint density at radius 1 is 1.03 bits per heavy atom. The number of benzene rings is 1. The highest BCUT2D eigenvalue weighted by Gasteiger charge is 2.61. The van der Waals surface area contributed by atoms with E-state index in [1.54, 1.807) is 0 Å². The van der Waals surface area contributed by atoms with Crippen molar-refractivity contribution in [2.45, 2.75) is 78.7 Å². The zero-order chi connectivity index (χ0) is 23.4. The summed E-state index contributed by atoms with van der Waals surface area (Å²) >= 11 is 6.00. The third-order valence-corrected chi connectivity index (χ3v) is 11.0. The van der Waals surface area contributed by atoms with E-state index in [4.69, 9.17) is 21.7 Å². The van der Waals surface area contributed by atoms with Gasteiger partial charge in [-0.3, -0.25) is 4.79 Å². The molecule has 180 valence electrons. The Hall–Kier alpha value is -1.19. The molecule has 4 aliphatic carbocycles. The molecule has 0 aliphatic heterocycles. The van der Waals surface area contributed by atoms with E-state index in [0.717, 1.165) is 42.2 Å². The molecule has 0 radical (unpaired) electrons. The summed E-state index contributed by atoms with van der Waals surface area (Å²) in [6.07, 6.45) is 9.12. The van der Waals surface area contributed by atoms with Crippen molar-refractivity contribution >= 4 is 23.1 Å². The number of hydrogen-bond acceptors (Lipinski definition) is 3. The van der Waals surface area contributed by atoms with Gasteiger partial charge < -0.3 is 10.1 Å². The number of Topliss-reactive ketones (excluding diaryl/α,β-unsaturated/α-hetero) is 1. The van der Waals surface area contributed by atoms with Crippen LogP contribution in [0.4, 0.5) is 0 Å². The zero-order valence-corrected chi connectivity index (χ0v) is 21.3. The van der Waals surface area contributed by atoms with Crippen molar-refractivity contribution < 1.29 is 9.53 Å². The molecule has 4 fully saturated rings. The monoisotopic (exact) mass is 469 g/mol. The molecule has 1 unspecified atom stereocenters. The number of carbonyl (C=O) groups is 1. The zero-order valence-electron chi connectivity index (χ0n) is 20.5. The lowest BCUT2D eigenvalue weighted by atomic mass is 9.44. The molecule has 0 bridgehead atoms. The highest BCUT2D eigenvalue weighted by molar-refractivity contribution is 6.40. The maximum Gasteiger partial charge on any atom is 0.176 e. The van der Waals surface area contributed by atoms with E-state index >= 15 is 0 Å². The molecule has 8 atom stereocenters. The predicted octanol–water partition coefficient (Wildman–Crippen LogP) is 7.35. The topological polar surface area (TPSA) is 50.1 Å². The summed E-state index contributed by atoms with van der Waals surface area (Å²) in [7, 11) is 0. The standard InChI is InChI=1S/C29H40ClNO2/c1-18(16-33-17-19-4-6-20(30)7-5-19)22-10-11-23-21-8-9-25-27(31)26(32)13-15-29(25,3)24(21)12-14-28(22,23)2/h4-7,18,21-25,31H,8-17H2,1-3H3/t18-,21+,22-,23+,24+,25?,28-,29-/m1/s1. The second kappa shape index (κ2) is 8.79. The van der Waals surface area contributed by atoms with Gasteiger partial charge in [0.05, 0.1) is 12.3 Å². The Morgan fingerprint density at radius 3 is 2.52 bits per heavy atom. The maximum absolute atomic E-state index is 12.3. The summed E-state index contributed by atoms with van der Waals surface area (Å²) < 4.78 is 6.18.